The first kappa shape index (κ1) is 13.1. The summed E-state index contributed by atoms with van der Waals surface area (Å²) >= 11 is 4.92. The van der Waals surface area contributed by atoms with Gasteiger partial charge in [-0.2, -0.15) is 0 Å². The summed E-state index contributed by atoms with van der Waals surface area (Å²) in [4.78, 5) is 2.49. The molecule has 0 atom stereocenters. The zero-order chi connectivity index (χ0) is 12.0. The Morgan fingerprint density at radius 2 is 2.25 bits per heavy atom. The van der Waals surface area contributed by atoms with Gasteiger partial charge in [-0.15, -0.1) is 0 Å². The van der Waals surface area contributed by atoms with E-state index in [0.29, 0.717) is 11.4 Å². The van der Waals surface area contributed by atoms with Crippen molar-refractivity contribution in [2.75, 3.05) is 20.3 Å². The Morgan fingerprint density at radius 1 is 1.50 bits per heavy atom. The van der Waals surface area contributed by atoms with Gasteiger partial charge >= 0.3 is 0 Å². The number of nitrogens with two attached hydrogens (primary N) is 1. The lowest BCUT2D eigenvalue weighted by atomic mass is 10.1. The van der Waals surface area contributed by atoms with Gasteiger partial charge in [-0.05, 0) is 25.1 Å². The summed E-state index contributed by atoms with van der Waals surface area (Å²) in [6.45, 7) is 1.28. The average Bonchev–Trinajstić information content (AvgIpc) is 2.26. The molecule has 4 heteroatoms. The Kier molecular flexibility index (Phi) is 5.35. The molecular weight excluding hydrogens is 223 g/mol. The molecule has 1 rings (SSSR count). The topological polar surface area (TPSA) is 29.3 Å². The first-order chi connectivity index (χ1) is 7.63. The molecule has 88 valence electrons. The molecule has 1 aromatic carbocycles. The van der Waals surface area contributed by atoms with E-state index >= 15 is 0 Å². The van der Waals surface area contributed by atoms with Crippen LogP contribution in [-0.2, 0) is 6.54 Å². The molecule has 0 bridgehead atoms. The van der Waals surface area contributed by atoms with Crippen LogP contribution in [0.15, 0.2) is 24.3 Å². The van der Waals surface area contributed by atoms with Crippen LogP contribution in [0, 0.1) is 0 Å². The number of rotatable bonds is 6. The zero-order valence-corrected chi connectivity index (χ0v) is 10.3. The molecule has 0 fully saturated rings. The molecule has 0 heterocycles. The minimum absolute atomic E-state index is 0.267. The molecule has 0 aliphatic rings. The van der Waals surface area contributed by atoms with Gasteiger partial charge in [0.1, 0.15) is 4.99 Å². The quantitative estimate of drug-likeness (QED) is 0.772. The molecule has 0 saturated carbocycles. The van der Waals surface area contributed by atoms with Gasteiger partial charge < -0.3 is 10.6 Å². The number of thiocarbonyl (C=S) groups is 1. The summed E-state index contributed by atoms with van der Waals surface area (Å²) < 4.78 is 12.0. The Labute approximate surface area is 101 Å². The molecule has 2 nitrogen and oxygen atoms in total. The molecule has 1 aromatic rings. The molecule has 16 heavy (non-hydrogen) atoms. The summed E-state index contributed by atoms with van der Waals surface area (Å²) in [6.07, 6.45) is 0.575. The van der Waals surface area contributed by atoms with E-state index in [4.69, 9.17) is 18.0 Å². The largest absolute Gasteiger partial charge is 0.389 e. The highest BCUT2D eigenvalue weighted by Crippen LogP contribution is 2.08. The molecule has 0 unspecified atom stereocenters. The first-order valence-electron chi connectivity index (χ1n) is 5.26. The second-order valence-corrected chi connectivity index (χ2v) is 4.28. The molecule has 0 spiro atoms. The minimum atomic E-state index is -0.267. The fourth-order valence-corrected chi connectivity index (χ4v) is 1.67. The summed E-state index contributed by atoms with van der Waals surface area (Å²) in [5.74, 6) is 0. The van der Waals surface area contributed by atoms with E-state index in [1.165, 1.54) is 0 Å². The lowest BCUT2D eigenvalue weighted by Crippen LogP contribution is -2.20. The predicted octanol–water partition coefficient (Wildman–Crippen LogP) is 2.11. The number of hydrogen-bond donors (Lipinski definition) is 1. The van der Waals surface area contributed by atoms with Gasteiger partial charge in [-0.3, -0.25) is 4.39 Å². The molecular formula is C12H17FN2S. The molecule has 0 amide bonds. The Hall–Kier alpha value is -1.00. The van der Waals surface area contributed by atoms with Crippen molar-refractivity contribution in [1.82, 2.24) is 4.90 Å². The van der Waals surface area contributed by atoms with Crippen LogP contribution in [0.5, 0.6) is 0 Å². The SMILES string of the molecule is CN(CCCF)Cc1cccc(C(N)=S)c1. The molecule has 0 saturated heterocycles. The van der Waals surface area contributed by atoms with Crippen molar-refractivity contribution in [2.24, 2.45) is 5.73 Å². The maximum Gasteiger partial charge on any atom is 0.103 e. The molecule has 0 aromatic heterocycles. The number of alkyl halides is 1. The van der Waals surface area contributed by atoms with Crippen LogP contribution in [0.3, 0.4) is 0 Å². The Morgan fingerprint density at radius 3 is 2.88 bits per heavy atom. The highest BCUT2D eigenvalue weighted by molar-refractivity contribution is 7.80. The van der Waals surface area contributed by atoms with Crippen LogP contribution in [0.2, 0.25) is 0 Å². The van der Waals surface area contributed by atoms with Crippen molar-refractivity contribution in [3.63, 3.8) is 0 Å². The molecule has 0 aliphatic carbocycles. The van der Waals surface area contributed by atoms with Gasteiger partial charge in [0, 0.05) is 18.7 Å². The van der Waals surface area contributed by atoms with Crippen LogP contribution in [0.4, 0.5) is 4.39 Å². The highest BCUT2D eigenvalue weighted by atomic mass is 32.1. The number of benzene rings is 1. The number of hydrogen-bond acceptors (Lipinski definition) is 2. The van der Waals surface area contributed by atoms with Crippen LogP contribution < -0.4 is 5.73 Å². The monoisotopic (exact) mass is 240 g/mol. The fourth-order valence-electron chi connectivity index (χ4n) is 1.54. The maximum atomic E-state index is 12.0. The van der Waals surface area contributed by atoms with Crippen molar-refractivity contribution in [1.29, 1.82) is 0 Å². The Bertz CT molecular complexity index is 355. The number of nitrogens with zero attached hydrogens (tertiary/aromatic N) is 1. The summed E-state index contributed by atoms with van der Waals surface area (Å²) in [5, 5.41) is 0. The maximum absolute atomic E-state index is 12.0. The third-order valence-corrected chi connectivity index (χ3v) is 2.57. The van der Waals surface area contributed by atoms with Gasteiger partial charge in [-0.1, -0.05) is 30.4 Å². The van der Waals surface area contributed by atoms with E-state index in [1.54, 1.807) is 0 Å². The van der Waals surface area contributed by atoms with E-state index in [1.807, 2.05) is 31.3 Å². The lowest BCUT2D eigenvalue weighted by molar-refractivity contribution is 0.303. The predicted molar refractivity (Wildman–Crippen MR) is 69.3 cm³/mol. The van der Waals surface area contributed by atoms with E-state index in [9.17, 15) is 4.39 Å². The van der Waals surface area contributed by atoms with Crippen molar-refractivity contribution in [3.8, 4) is 0 Å². The van der Waals surface area contributed by atoms with Crippen molar-refractivity contribution < 1.29 is 4.39 Å². The van der Waals surface area contributed by atoms with Crippen LogP contribution in [-0.4, -0.2) is 30.2 Å². The van der Waals surface area contributed by atoms with Gasteiger partial charge in [-0.25, -0.2) is 0 Å². The highest BCUT2D eigenvalue weighted by Gasteiger charge is 2.02. The van der Waals surface area contributed by atoms with Crippen molar-refractivity contribution in [3.05, 3.63) is 35.4 Å². The zero-order valence-electron chi connectivity index (χ0n) is 9.45. The Balaban J connectivity index is 2.59. The number of halogens is 1. The van der Waals surface area contributed by atoms with Crippen LogP contribution in [0.25, 0.3) is 0 Å². The smallest absolute Gasteiger partial charge is 0.103 e. The molecule has 0 radical (unpaired) electrons. The molecule has 0 aliphatic heterocycles. The van der Waals surface area contributed by atoms with Crippen LogP contribution >= 0.6 is 12.2 Å². The van der Waals surface area contributed by atoms with E-state index in [2.05, 4.69) is 4.90 Å². The van der Waals surface area contributed by atoms with Gasteiger partial charge in [0.05, 0.1) is 6.67 Å². The van der Waals surface area contributed by atoms with Gasteiger partial charge in [0.25, 0.3) is 0 Å². The van der Waals surface area contributed by atoms with E-state index in [-0.39, 0.29) is 6.67 Å². The van der Waals surface area contributed by atoms with E-state index in [0.717, 1.165) is 24.2 Å². The van der Waals surface area contributed by atoms with Gasteiger partial charge in [0.2, 0.25) is 0 Å². The van der Waals surface area contributed by atoms with Gasteiger partial charge in [0.15, 0.2) is 0 Å². The summed E-state index contributed by atoms with van der Waals surface area (Å²) in [6, 6.07) is 7.84. The normalized spacial score (nSPS) is 10.7. The second-order valence-electron chi connectivity index (χ2n) is 3.84. The lowest BCUT2D eigenvalue weighted by Gasteiger charge is -2.16. The first-order valence-corrected chi connectivity index (χ1v) is 5.67. The average molecular weight is 240 g/mol. The third kappa shape index (κ3) is 4.24. The third-order valence-electron chi connectivity index (χ3n) is 2.34. The molecule has 2 N–H and O–H groups in total. The summed E-state index contributed by atoms with van der Waals surface area (Å²) in [5.41, 5.74) is 7.59. The standard InChI is InChI=1S/C12H17FN2S/c1-15(7-3-6-13)9-10-4-2-5-11(8-10)12(14)16/h2,4-5,8H,3,6-7,9H2,1H3,(H2,14,16). The summed E-state index contributed by atoms with van der Waals surface area (Å²) in [7, 11) is 1.98. The van der Waals surface area contributed by atoms with E-state index < -0.39 is 0 Å². The minimum Gasteiger partial charge on any atom is -0.389 e. The fraction of sp³-hybridized carbons (Fsp3) is 0.417. The van der Waals surface area contributed by atoms with Crippen molar-refractivity contribution >= 4 is 17.2 Å². The second kappa shape index (κ2) is 6.55. The van der Waals surface area contributed by atoms with Crippen molar-refractivity contribution in [2.45, 2.75) is 13.0 Å². The van der Waals surface area contributed by atoms with Crippen LogP contribution in [0.1, 0.15) is 17.5 Å².